The van der Waals surface area contributed by atoms with Crippen molar-refractivity contribution in [1.29, 1.82) is 0 Å². The van der Waals surface area contributed by atoms with E-state index in [0.29, 0.717) is 5.92 Å². The summed E-state index contributed by atoms with van der Waals surface area (Å²) in [5.74, 6) is 0.588. The number of thiophene rings is 1. The molecule has 1 aliphatic carbocycles. The standard InChI is InChI=1S/C58H43NOS/c1-2-13-39(14-3-1)45-20-10-15-41-16-11-22-50(57(41)45)47-17-4-7-23-52(47)59(43-32-27-38(28-33-43)42-31-36-49-48-18-5-8-24-53(48)60-54(49)37-42)44-34-29-40(30-35-44)46-21-12-26-56-58(46)51-19-6-9-25-55(51)61-56/h4-12,15-37,39H,1-3,13-14H2. The van der Waals surface area contributed by atoms with E-state index in [9.17, 15) is 0 Å². The van der Waals surface area contributed by atoms with Crippen molar-refractivity contribution in [1.82, 2.24) is 0 Å². The van der Waals surface area contributed by atoms with Gasteiger partial charge >= 0.3 is 0 Å². The molecule has 0 unspecified atom stereocenters. The fraction of sp³-hybridized carbons (Fsp3) is 0.103. The third-order valence-electron chi connectivity index (χ3n) is 13.1. The number of hydrogen-bond acceptors (Lipinski definition) is 3. The molecule has 0 bridgehead atoms. The molecule has 3 heteroatoms. The summed E-state index contributed by atoms with van der Waals surface area (Å²) in [5, 5.41) is 7.65. The fourth-order valence-electron chi connectivity index (χ4n) is 10.2. The molecule has 0 aliphatic heterocycles. The number of fused-ring (bicyclic) bond motifs is 7. The van der Waals surface area contributed by atoms with Crippen LogP contribution in [0.2, 0.25) is 0 Å². The van der Waals surface area contributed by atoms with Crippen LogP contribution in [0.25, 0.3) is 86.3 Å². The summed E-state index contributed by atoms with van der Waals surface area (Å²) in [5.41, 5.74) is 14.0. The van der Waals surface area contributed by atoms with E-state index >= 15 is 0 Å². The van der Waals surface area contributed by atoms with Gasteiger partial charge in [0.1, 0.15) is 11.2 Å². The highest BCUT2D eigenvalue weighted by Crippen LogP contribution is 2.47. The summed E-state index contributed by atoms with van der Waals surface area (Å²) in [7, 11) is 0. The molecular formula is C58H43NOS. The van der Waals surface area contributed by atoms with Gasteiger partial charge in [-0.3, -0.25) is 0 Å². The lowest BCUT2D eigenvalue weighted by Crippen LogP contribution is -2.11. The SMILES string of the molecule is c1ccc(N(c2ccc(-c3ccc4c(c3)oc3ccccc34)cc2)c2ccc(-c3cccc4sc5ccccc5c34)cc2)c(-c2cccc3cccc(C4CCCCC4)c23)c1. The molecule has 0 radical (unpaired) electrons. The molecule has 11 aromatic rings. The van der Waals surface area contributed by atoms with Crippen molar-refractivity contribution in [3.63, 3.8) is 0 Å². The predicted molar refractivity (Wildman–Crippen MR) is 261 cm³/mol. The number of furan rings is 1. The van der Waals surface area contributed by atoms with Crippen LogP contribution in [0.3, 0.4) is 0 Å². The predicted octanol–water partition coefficient (Wildman–Crippen LogP) is 17.6. The van der Waals surface area contributed by atoms with Gasteiger partial charge in [-0.05, 0) is 124 Å². The van der Waals surface area contributed by atoms with Crippen LogP contribution in [0.5, 0.6) is 0 Å². The van der Waals surface area contributed by atoms with E-state index in [1.807, 2.05) is 23.5 Å². The Labute approximate surface area is 360 Å². The minimum absolute atomic E-state index is 0.588. The summed E-state index contributed by atoms with van der Waals surface area (Å²) in [6.07, 6.45) is 6.49. The van der Waals surface area contributed by atoms with Crippen LogP contribution < -0.4 is 4.90 Å². The average molecular weight is 802 g/mol. The Bertz CT molecular complexity index is 3400. The average Bonchev–Trinajstić information content (AvgIpc) is 3.90. The molecule has 0 N–H and O–H groups in total. The largest absolute Gasteiger partial charge is 0.456 e. The van der Waals surface area contributed by atoms with Gasteiger partial charge in [0.25, 0.3) is 0 Å². The van der Waals surface area contributed by atoms with Crippen LogP contribution in [0, 0.1) is 0 Å². The molecule has 292 valence electrons. The molecular weight excluding hydrogens is 759 g/mol. The summed E-state index contributed by atoms with van der Waals surface area (Å²) in [6.45, 7) is 0. The highest BCUT2D eigenvalue weighted by molar-refractivity contribution is 7.25. The molecule has 2 aromatic heterocycles. The Balaban J connectivity index is 1.01. The monoisotopic (exact) mass is 801 g/mol. The molecule has 0 amide bonds. The van der Waals surface area contributed by atoms with Gasteiger partial charge in [-0.2, -0.15) is 0 Å². The minimum atomic E-state index is 0.588. The van der Waals surface area contributed by atoms with E-state index in [1.165, 1.54) is 90.9 Å². The zero-order valence-electron chi connectivity index (χ0n) is 33.9. The van der Waals surface area contributed by atoms with E-state index in [2.05, 4.69) is 187 Å². The quantitative estimate of drug-likeness (QED) is 0.160. The Kier molecular flexibility index (Phi) is 8.82. The maximum absolute atomic E-state index is 6.30. The van der Waals surface area contributed by atoms with E-state index in [4.69, 9.17) is 4.42 Å². The molecule has 0 spiro atoms. The first-order chi connectivity index (χ1) is 30.2. The zero-order valence-corrected chi connectivity index (χ0v) is 34.7. The minimum Gasteiger partial charge on any atom is -0.456 e. The van der Waals surface area contributed by atoms with Crippen LogP contribution >= 0.6 is 11.3 Å². The first-order valence-electron chi connectivity index (χ1n) is 21.7. The van der Waals surface area contributed by atoms with E-state index in [-0.39, 0.29) is 0 Å². The molecule has 61 heavy (non-hydrogen) atoms. The van der Waals surface area contributed by atoms with Crippen LogP contribution in [0.4, 0.5) is 17.1 Å². The second-order valence-electron chi connectivity index (χ2n) is 16.6. The maximum Gasteiger partial charge on any atom is 0.136 e. The van der Waals surface area contributed by atoms with Crippen molar-refractivity contribution >= 4 is 81.3 Å². The lowest BCUT2D eigenvalue weighted by molar-refractivity contribution is 0.445. The number of nitrogens with zero attached hydrogens (tertiary/aromatic N) is 1. The van der Waals surface area contributed by atoms with Crippen LogP contribution in [-0.2, 0) is 0 Å². The molecule has 1 aliphatic rings. The second kappa shape index (κ2) is 15.0. The van der Waals surface area contributed by atoms with Crippen molar-refractivity contribution in [2.24, 2.45) is 0 Å². The molecule has 0 saturated heterocycles. The van der Waals surface area contributed by atoms with Gasteiger partial charge in [0.05, 0.1) is 5.69 Å². The molecule has 0 atom stereocenters. The normalized spacial score (nSPS) is 13.5. The van der Waals surface area contributed by atoms with Gasteiger partial charge in [-0.25, -0.2) is 0 Å². The first-order valence-corrected chi connectivity index (χ1v) is 22.5. The molecule has 1 fully saturated rings. The Morgan fingerprint density at radius 2 is 1.05 bits per heavy atom. The van der Waals surface area contributed by atoms with Gasteiger partial charge in [-0.15, -0.1) is 11.3 Å². The summed E-state index contributed by atoms with van der Waals surface area (Å²) in [6, 6.07) is 71.5. The van der Waals surface area contributed by atoms with E-state index in [0.717, 1.165) is 50.1 Å². The van der Waals surface area contributed by atoms with Crippen molar-refractivity contribution in [2.75, 3.05) is 4.90 Å². The molecule has 2 nitrogen and oxygen atoms in total. The van der Waals surface area contributed by atoms with E-state index in [1.54, 1.807) is 0 Å². The second-order valence-corrected chi connectivity index (χ2v) is 17.7. The Hall–Kier alpha value is -6.94. The van der Waals surface area contributed by atoms with Gasteiger partial charge in [-0.1, -0.05) is 153 Å². The summed E-state index contributed by atoms with van der Waals surface area (Å²) >= 11 is 1.87. The van der Waals surface area contributed by atoms with Gasteiger partial charge in [0, 0.05) is 47.9 Å². The number of anilines is 3. The van der Waals surface area contributed by atoms with Crippen molar-refractivity contribution < 1.29 is 4.42 Å². The topological polar surface area (TPSA) is 16.4 Å². The fourth-order valence-corrected chi connectivity index (χ4v) is 11.3. The number of rotatable bonds is 7. The lowest BCUT2D eigenvalue weighted by atomic mass is 9.80. The van der Waals surface area contributed by atoms with Crippen LogP contribution in [-0.4, -0.2) is 0 Å². The zero-order chi connectivity index (χ0) is 40.3. The van der Waals surface area contributed by atoms with Crippen molar-refractivity contribution in [3.8, 4) is 33.4 Å². The third-order valence-corrected chi connectivity index (χ3v) is 14.2. The smallest absolute Gasteiger partial charge is 0.136 e. The highest BCUT2D eigenvalue weighted by Gasteiger charge is 2.23. The van der Waals surface area contributed by atoms with Gasteiger partial charge < -0.3 is 9.32 Å². The van der Waals surface area contributed by atoms with Gasteiger partial charge in [0.2, 0.25) is 0 Å². The highest BCUT2D eigenvalue weighted by atomic mass is 32.1. The van der Waals surface area contributed by atoms with Gasteiger partial charge in [0.15, 0.2) is 0 Å². The lowest BCUT2D eigenvalue weighted by Gasteiger charge is -2.29. The van der Waals surface area contributed by atoms with Crippen molar-refractivity contribution in [3.05, 3.63) is 200 Å². The Morgan fingerprint density at radius 3 is 1.89 bits per heavy atom. The third kappa shape index (κ3) is 6.23. The number of hydrogen-bond donors (Lipinski definition) is 0. The molecule has 9 aromatic carbocycles. The molecule has 1 saturated carbocycles. The molecule has 2 heterocycles. The summed E-state index contributed by atoms with van der Waals surface area (Å²) < 4.78 is 8.94. The summed E-state index contributed by atoms with van der Waals surface area (Å²) in [4.78, 5) is 2.45. The van der Waals surface area contributed by atoms with Crippen molar-refractivity contribution in [2.45, 2.75) is 38.0 Å². The van der Waals surface area contributed by atoms with E-state index < -0.39 is 0 Å². The Morgan fingerprint density at radius 1 is 0.426 bits per heavy atom. The maximum atomic E-state index is 6.30. The number of para-hydroxylation sites is 2. The van der Waals surface area contributed by atoms with Crippen LogP contribution in [0.1, 0.15) is 43.6 Å². The van der Waals surface area contributed by atoms with Crippen LogP contribution in [0.15, 0.2) is 199 Å². The number of benzene rings is 9. The molecule has 12 rings (SSSR count). The first kappa shape index (κ1) is 36.0.